The van der Waals surface area contributed by atoms with Gasteiger partial charge >= 0.3 is 0 Å². The van der Waals surface area contributed by atoms with Crippen LogP contribution in [0, 0.1) is 5.92 Å². The van der Waals surface area contributed by atoms with E-state index in [9.17, 15) is 0 Å². The van der Waals surface area contributed by atoms with Crippen molar-refractivity contribution in [2.24, 2.45) is 5.92 Å². The summed E-state index contributed by atoms with van der Waals surface area (Å²) in [6.07, 6.45) is 5.49. The van der Waals surface area contributed by atoms with Crippen LogP contribution in [0.4, 0.5) is 0 Å². The minimum Gasteiger partial charge on any atom is -0.441 e. The van der Waals surface area contributed by atoms with Gasteiger partial charge in [-0.2, -0.15) is 0 Å². The first-order chi connectivity index (χ1) is 9.74. The highest BCUT2D eigenvalue weighted by Crippen LogP contribution is 2.34. The van der Waals surface area contributed by atoms with Crippen molar-refractivity contribution < 1.29 is 4.42 Å². The van der Waals surface area contributed by atoms with Gasteiger partial charge in [0.05, 0.1) is 6.20 Å². The molecule has 1 atom stereocenters. The fourth-order valence-electron chi connectivity index (χ4n) is 2.58. The fraction of sp³-hybridized carbons (Fsp3) is 0.471. The lowest BCUT2D eigenvalue weighted by molar-refractivity contribution is 0.232. The Hall–Kier alpha value is -1.61. The molecule has 3 heteroatoms. The average Bonchev–Trinajstić information content (AvgIpc) is 3.23. The molecule has 106 valence electrons. The standard InChI is InChI=1S/C17H22N2O/c1-13(14-8-9-14)19(2)11-10-17-18-12-16(20-17)15-6-4-3-5-7-15/h3-7,12-14H,8-11H2,1-2H3. The van der Waals surface area contributed by atoms with E-state index in [0.29, 0.717) is 6.04 Å². The van der Waals surface area contributed by atoms with Crippen molar-refractivity contribution in [1.82, 2.24) is 9.88 Å². The monoisotopic (exact) mass is 270 g/mol. The molecular formula is C17H22N2O. The first-order valence-electron chi connectivity index (χ1n) is 7.44. The molecule has 0 saturated heterocycles. The first-order valence-corrected chi connectivity index (χ1v) is 7.44. The van der Waals surface area contributed by atoms with Crippen LogP contribution in [0.1, 0.15) is 25.7 Å². The molecule has 0 spiro atoms. The van der Waals surface area contributed by atoms with Gasteiger partial charge in [-0.15, -0.1) is 0 Å². The largest absolute Gasteiger partial charge is 0.441 e. The van der Waals surface area contributed by atoms with Gasteiger partial charge < -0.3 is 9.32 Å². The number of nitrogens with zero attached hydrogens (tertiary/aromatic N) is 2. The minimum absolute atomic E-state index is 0.679. The van der Waals surface area contributed by atoms with Crippen LogP contribution >= 0.6 is 0 Å². The van der Waals surface area contributed by atoms with Crippen LogP contribution in [0.5, 0.6) is 0 Å². The van der Waals surface area contributed by atoms with Crippen LogP contribution in [0.25, 0.3) is 11.3 Å². The molecule has 1 aliphatic carbocycles. The highest BCUT2D eigenvalue weighted by molar-refractivity contribution is 5.55. The SMILES string of the molecule is CC(C1CC1)N(C)CCc1ncc(-c2ccccc2)o1. The molecule has 0 N–H and O–H groups in total. The zero-order chi connectivity index (χ0) is 13.9. The van der Waals surface area contributed by atoms with Crippen molar-refractivity contribution in [3.05, 3.63) is 42.4 Å². The number of benzene rings is 1. The lowest BCUT2D eigenvalue weighted by atomic mass is 10.2. The maximum Gasteiger partial charge on any atom is 0.196 e. The zero-order valence-corrected chi connectivity index (χ0v) is 12.2. The third-order valence-corrected chi connectivity index (χ3v) is 4.29. The van der Waals surface area contributed by atoms with Gasteiger partial charge in [-0.05, 0) is 32.7 Å². The Morgan fingerprint density at radius 2 is 2.05 bits per heavy atom. The minimum atomic E-state index is 0.679. The Bertz CT molecular complexity index is 545. The van der Waals surface area contributed by atoms with Crippen LogP contribution in [0.15, 0.2) is 40.9 Å². The quantitative estimate of drug-likeness (QED) is 0.803. The maximum atomic E-state index is 5.84. The molecule has 0 radical (unpaired) electrons. The maximum absolute atomic E-state index is 5.84. The summed E-state index contributed by atoms with van der Waals surface area (Å²) in [4.78, 5) is 6.81. The molecule has 1 aliphatic rings. The van der Waals surface area contributed by atoms with Crippen molar-refractivity contribution in [3.63, 3.8) is 0 Å². The summed E-state index contributed by atoms with van der Waals surface area (Å²) in [5.74, 6) is 2.60. The van der Waals surface area contributed by atoms with E-state index in [1.807, 2.05) is 36.5 Å². The van der Waals surface area contributed by atoms with Crippen LogP contribution in [-0.4, -0.2) is 29.5 Å². The molecule has 0 bridgehead atoms. The number of aromatic nitrogens is 1. The third kappa shape index (κ3) is 3.10. The Morgan fingerprint density at radius 1 is 1.30 bits per heavy atom. The number of oxazole rings is 1. The summed E-state index contributed by atoms with van der Waals surface area (Å²) in [6.45, 7) is 3.33. The summed E-state index contributed by atoms with van der Waals surface area (Å²) in [6, 6.07) is 10.8. The number of hydrogen-bond acceptors (Lipinski definition) is 3. The summed E-state index contributed by atoms with van der Waals surface area (Å²) >= 11 is 0. The van der Waals surface area contributed by atoms with E-state index >= 15 is 0 Å². The molecular weight excluding hydrogens is 248 g/mol. The summed E-state index contributed by atoms with van der Waals surface area (Å²) in [5.41, 5.74) is 1.09. The van der Waals surface area contributed by atoms with E-state index in [1.54, 1.807) is 0 Å². The van der Waals surface area contributed by atoms with Gasteiger partial charge in [0.2, 0.25) is 0 Å². The van der Waals surface area contributed by atoms with Crippen LogP contribution < -0.4 is 0 Å². The normalized spacial score (nSPS) is 16.6. The topological polar surface area (TPSA) is 29.3 Å². The summed E-state index contributed by atoms with van der Waals surface area (Å²) < 4.78 is 5.84. The Labute approximate surface area is 120 Å². The van der Waals surface area contributed by atoms with Gasteiger partial charge in [0, 0.05) is 24.6 Å². The number of likely N-dealkylation sites (N-methyl/N-ethyl adjacent to an activating group) is 1. The predicted molar refractivity (Wildman–Crippen MR) is 80.5 cm³/mol. The predicted octanol–water partition coefficient (Wildman–Crippen LogP) is 3.61. The van der Waals surface area contributed by atoms with E-state index in [1.165, 1.54) is 12.8 Å². The van der Waals surface area contributed by atoms with Gasteiger partial charge in [0.1, 0.15) is 0 Å². The molecule has 1 heterocycles. The Balaban J connectivity index is 1.57. The van der Waals surface area contributed by atoms with E-state index in [2.05, 4.69) is 23.9 Å². The second-order valence-electron chi connectivity index (χ2n) is 5.79. The first kappa shape index (κ1) is 13.4. The molecule has 1 unspecified atom stereocenters. The average molecular weight is 270 g/mol. The molecule has 1 saturated carbocycles. The Morgan fingerprint density at radius 3 is 2.75 bits per heavy atom. The van der Waals surface area contributed by atoms with Crippen LogP contribution in [0.3, 0.4) is 0 Å². The second kappa shape index (κ2) is 5.80. The molecule has 1 aromatic heterocycles. The summed E-state index contributed by atoms with van der Waals surface area (Å²) in [7, 11) is 2.20. The van der Waals surface area contributed by atoms with Gasteiger partial charge in [-0.25, -0.2) is 4.98 Å². The molecule has 20 heavy (non-hydrogen) atoms. The third-order valence-electron chi connectivity index (χ3n) is 4.29. The molecule has 2 aromatic rings. The Kier molecular flexibility index (Phi) is 3.88. The van der Waals surface area contributed by atoms with Crippen LogP contribution in [-0.2, 0) is 6.42 Å². The molecule has 1 aromatic carbocycles. The van der Waals surface area contributed by atoms with Crippen molar-refractivity contribution in [1.29, 1.82) is 0 Å². The van der Waals surface area contributed by atoms with Crippen molar-refractivity contribution >= 4 is 0 Å². The van der Waals surface area contributed by atoms with Gasteiger partial charge in [-0.3, -0.25) is 0 Å². The second-order valence-corrected chi connectivity index (χ2v) is 5.79. The van der Waals surface area contributed by atoms with Gasteiger partial charge in [0.15, 0.2) is 11.7 Å². The van der Waals surface area contributed by atoms with Gasteiger partial charge in [0.25, 0.3) is 0 Å². The van der Waals surface area contributed by atoms with Gasteiger partial charge in [-0.1, -0.05) is 30.3 Å². The molecule has 3 rings (SSSR count). The molecule has 3 nitrogen and oxygen atoms in total. The molecule has 1 fully saturated rings. The summed E-state index contributed by atoms with van der Waals surface area (Å²) in [5, 5.41) is 0. The lowest BCUT2D eigenvalue weighted by Gasteiger charge is -2.23. The molecule has 0 amide bonds. The van der Waals surface area contributed by atoms with Crippen LogP contribution in [0.2, 0.25) is 0 Å². The molecule has 0 aliphatic heterocycles. The lowest BCUT2D eigenvalue weighted by Crippen LogP contribution is -2.32. The number of rotatable bonds is 6. The van der Waals surface area contributed by atoms with Crippen molar-refractivity contribution in [3.8, 4) is 11.3 Å². The van der Waals surface area contributed by atoms with E-state index in [0.717, 1.165) is 36.1 Å². The highest BCUT2D eigenvalue weighted by atomic mass is 16.4. The van der Waals surface area contributed by atoms with Crippen molar-refractivity contribution in [2.45, 2.75) is 32.2 Å². The van der Waals surface area contributed by atoms with E-state index < -0.39 is 0 Å². The highest BCUT2D eigenvalue weighted by Gasteiger charge is 2.30. The fourth-order valence-corrected chi connectivity index (χ4v) is 2.58. The van der Waals surface area contributed by atoms with E-state index in [-0.39, 0.29) is 0 Å². The number of hydrogen-bond donors (Lipinski definition) is 0. The smallest absolute Gasteiger partial charge is 0.196 e. The van der Waals surface area contributed by atoms with E-state index in [4.69, 9.17) is 4.42 Å². The van der Waals surface area contributed by atoms with Crippen molar-refractivity contribution in [2.75, 3.05) is 13.6 Å². The zero-order valence-electron chi connectivity index (χ0n) is 12.2.